The standard InChI is InChI=1S/C24H30N2O5S/c1-6-13-26-21-12-7-18(14-22(21)31-16-24(4,5)23(26)27)25-32(28,29)20-10-8-19(9-11-20)30-15-17(2)3/h6-12,14,17,25H,1,13,15-16H2,2-5H3. The van der Waals surface area contributed by atoms with Crippen LogP contribution in [0.3, 0.4) is 0 Å². The molecule has 2 aromatic rings. The third-order valence-corrected chi connectivity index (χ3v) is 6.34. The number of anilines is 2. The summed E-state index contributed by atoms with van der Waals surface area (Å²) in [7, 11) is -3.81. The van der Waals surface area contributed by atoms with E-state index in [1.807, 2.05) is 27.7 Å². The van der Waals surface area contributed by atoms with Crippen molar-refractivity contribution in [3.63, 3.8) is 0 Å². The molecule has 32 heavy (non-hydrogen) atoms. The van der Waals surface area contributed by atoms with Gasteiger partial charge in [-0.25, -0.2) is 8.42 Å². The smallest absolute Gasteiger partial charge is 0.261 e. The van der Waals surface area contributed by atoms with E-state index in [-0.39, 0.29) is 17.4 Å². The molecule has 0 aromatic heterocycles. The average Bonchev–Trinajstić information content (AvgIpc) is 2.82. The van der Waals surface area contributed by atoms with Crippen molar-refractivity contribution >= 4 is 27.3 Å². The minimum Gasteiger partial charge on any atom is -0.493 e. The lowest BCUT2D eigenvalue weighted by Gasteiger charge is -2.27. The zero-order valence-electron chi connectivity index (χ0n) is 18.9. The molecule has 0 aliphatic carbocycles. The molecule has 2 aromatic carbocycles. The first-order chi connectivity index (χ1) is 15.0. The molecule has 1 N–H and O–H groups in total. The molecule has 0 spiro atoms. The molecule has 0 fully saturated rings. The molecule has 0 unspecified atom stereocenters. The van der Waals surface area contributed by atoms with Crippen LogP contribution in [0.5, 0.6) is 11.5 Å². The van der Waals surface area contributed by atoms with E-state index in [0.717, 1.165) is 0 Å². The highest BCUT2D eigenvalue weighted by Gasteiger charge is 2.37. The van der Waals surface area contributed by atoms with Gasteiger partial charge in [-0.15, -0.1) is 6.58 Å². The van der Waals surface area contributed by atoms with E-state index >= 15 is 0 Å². The van der Waals surface area contributed by atoms with Crippen LogP contribution in [0.2, 0.25) is 0 Å². The number of ether oxygens (including phenoxy) is 2. The van der Waals surface area contributed by atoms with Gasteiger partial charge in [-0.05, 0) is 56.2 Å². The lowest BCUT2D eigenvalue weighted by molar-refractivity contribution is -0.127. The summed E-state index contributed by atoms with van der Waals surface area (Å²) in [6.45, 7) is 12.5. The number of hydrogen-bond acceptors (Lipinski definition) is 5. The molecule has 0 bridgehead atoms. The van der Waals surface area contributed by atoms with Crippen molar-refractivity contribution in [1.82, 2.24) is 0 Å². The maximum atomic E-state index is 12.9. The van der Waals surface area contributed by atoms with Gasteiger partial charge < -0.3 is 14.4 Å². The van der Waals surface area contributed by atoms with Gasteiger partial charge >= 0.3 is 0 Å². The average molecular weight is 459 g/mol. The van der Waals surface area contributed by atoms with E-state index in [0.29, 0.717) is 41.9 Å². The summed E-state index contributed by atoms with van der Waals surface area (Å²) in [6.07, 6.45) is 1.65. The molecule has 8 heteroatoms. The summed E-state index contributed by atoms with van der Waals surface area (Å²) in [4.78, 5) is 14.6. The highest BCUT2D eigenvalue weighted by molar-refractivity contribution is 7.92. The molecule has 0 saturated heterocycles. The van der Waals surface area contributed by atoms with Crippen LogP contribution in [0.4, 0.5) is 11.4 Å². The van der Waals surface area contributed by atoms with Gasteiger partial charge in [0.25, 0.3) is 10.0 Å². The summed E-state index contributed by atoms with van der Waals surface area (Å²) < 4.78 is 39.8. The SMILES string of the molecule is C=CCN1C(=O)C(C)(C)COc2cc(NS(=O)(=O)c3ccc(OCC(C)C)cc3)ccc21. The van der Waals surface area contributed by atoms with Crippen LogP contribution in [-0.4, -0.2) is 34.1 Å². The maximum Gasteiger partial charge on any atom is 0.261 e. The number of carbonyl (C=O) groups excluding carboxylic acids is 1. The Morgan fingerprint density at radius 1 is 1.22 bits per heavy atom. The Kier molecular flexibility index (Phi) is 6.83. The molecule has 172 valence electrons. The molecule has 0 saturated carbocycles. The Labute approximate surface area is 190 Å². The number of carbonyl (C=O) groups is 1. The van der Waals surface area contributed by atoms with E-state index < -0.39 is 15.4 Å². The normalized spacial score (nSPS) is 15.5. The summed E-state index contributed by atoms with van der Waals surface area (Å²) in [5.41, 5.74) is 0.200. The van der Waals surface area contributed by atoms with E-state index in [1.54, 1.807) is 41.3 Å². The second kappa shape index (κ2) is 9.24. The number of amides is 1. The molecular formula is C24H30N2O5S. The van der Waals surface area contributed by atoms with Crippen LogP contribution < -0.4 is 19.1 Å². The Morgan fingerprint density at radius 2 is 1.91 bits per heavy atom. The van der Waals surface area contributed by atoms with Crippen molar-refractivity contribution < 1.29 is 22.7 Å². The largest absolute Gasteiger partial charge is 0.493 e. The van der Waals surface area contributed by atoms with Crippen molar-refractivity contribution in [2.75, 3.05) is 29.4 Å². The minimum atomic E-state index is -3.81. The Balaban J connectivity index is 1.83. The molecule has 7 nitrogen and oxygen atoms in total. The lowest BCUT2D eigenvalue weighted by atomic mass is 9.93. The van der Waals surface area contributed by atoms with Gasteiger partial charge in [-0.3, -0.25) is 9.52 Å². The van der Waals surface area contributed by atoms with Crippen molar-refractivity contribution in [2.24, 2.45) is 11.3 Å². The van der Waals surface area contributed by atoms with Gasteiger partial charge in [-0.1, -0.05) is 19.9 Å². The highest BCUT2D eigenvalue weighted by Crippen LogP contribution is 2.38. The molecule has 0 radical (unpaired) electrons. The second-order valence-corrected chi connectivity index (χ2v) is 10.5. The van der Waals surface area contributed by atoms with E-state index in [4.69, 9.17) is 9.47 Å². The first kappa shape index (κ1) is 23.7. The molecule has 0 atom stereocenters. The molecule has 1 aliphatic rings. The van der Waals surface area contributed by atoms with Crippen LogP contribution in [0.15, 0.2) is 60.0 Å². The Hall–Kier alpha value is -3.00. The minimum absolute atomic E-state index is 0.0794. The van der Waals surface area contributed by atoms with Gasteiger partial charge in [0, 0.05) is 12.6 Å². The third-order valence-electron chi connectivity index (χ3n) is 4.94. The van der Waals surface area contributed by atoms with Crippen LogP contribution in [0.1, 0.15) is 27.7 Å². The van der Waals surface area contributed by atoms with Crippen molar-refractivity contribution in [3.8, 4) is 11.5 Å². The van der Waals surface area contributed by atoms with Gasteiger partial charge in [0.15, 0.2) is 0 Å². The maximum absolute atomic E-state index is 12.9. The number of sulfonamides is 1. The monoisotopic (exact) mass is 458 g/mol. The number of nitrogens with zero attached hydrogens (tertiary/aromatic N) is 1. The number of rotatable bonds is 8. The number of nitrogens with one attached hydrogen (secondary N) is 1. The van der Waals surface area contributed by atoms with Crippen molar-refractivity contribution in [2.45, 2.75) is 32.6 Å². The Bertz CT molecular complexity index is 1090. The molecular weight excluding hydrogens is 428 g/mol. The van der Waals surface area contributed by atoms with Gasteiger partial charge in [0.05, 0.1) is 28.3 Å². The molecule has 3 rings (SSSR count). The fourth-order valence-corrected chi connectivity index (χ4v) is 4.26. The van der Waals surface area contributed by atoms with Crippen molar-refractivity contribution in [3.05, 3.63) is 55.1 Å². The van der Waals surface area contributed by atoms with Crippen LogP contribution in [0, 0.1) is 11.3 Å². The van der Waals surface area contributed by atoms with Gasteiger partial charge in [-0.2, -0.15) is 0 Å². The van der Waals surface area contributed by atoms with Crippen LogP contribution >= 0.6 is 0 Å². The van der Waals surface area contributed by atoms with E-state index in [2.05, 4.69) is 11.3 Å². The second-order valence-electron chi connectivity index (χ2n) is 8.84. The van der Waals surface area contributed by atoms with E-state index in [9.17, 15) is 13.2 Å². The zero-order chi connectivity index (χ0) is 23.5. The molecule has 1 heterocycles. The molecule has 1 amide bonds. The number of hydrogen-bond donors (Lipinski definition) is 1. The molecule has 1 aliphatic heterocycles. The fourth-order valence-electron chi connectivity index (χ4n) is 3.21. The predicted octanol–water partition coefficient (Wildman–Crippen LogP) is 4.46. The quantitative estimate of drug-likeness (QED) is 0.591. The summed E-state index contributed by atoms with van der Waals surface area (Å²) in [5.74, 6) is 1.34. The summed E-state index contributed by atoms with van der Waals surface area (Å²) >= 11 is 0. The lowest BCUT2D eigenvalue weighted by Crippen LogP contribution is -2.42. The Morgan fingerprint density at radius 3 is 2.53 bits per heavy atom. The van der Waals surface area contributed by atoms with E-state index in [1.165, 1.54) is 12.1 Å². The number of benzene rings is 2. The van der Waals surface area contributed by atoms with Gasteiger partial charge in [0.2, 0.25) is 5.91 Å². The summed E-state index contributed by atoms with van der Waals surface area (Å²) in [5, 5.41) is 0. The first-order valence-corrected chi connectivity index (χ1v) is 12.0. The fraction of sp³-hybridized carbons (Fsp3) is 0.375. The number of fused-ring (bicyclic) bond motifs is 1. The van der Waals surface area contributed by atoms with Crippen LogP contribution in [-0.2, 0) is 14.8 Å². The topological polar surface area (TPSA) is 84.9 Å². The van der Waals surface area contributed by atoms with Crippen LogP contribution in [0.25, 0.3) is 0 Å². The van der Waals surface area contributed by atoms with Gasteiger partial charge in [0.1, 0.15) is 18.1 Å². The highest BCUT2D eigenvalue weighted by atomic mass is 32.2. The first-order valence-electron chi connectivity index (χ1n) is 10.5. The van der Waals surface area contributed by atoms with Crippen molar-refractivity contribution in [1.29, 1.82) is 0 Å². The zero-order valence-corrected chi connectivity index (χ0v) is 19.7. The predicted molar refractivity (Wildman–Crippen MR) is 126 cm³/mol. The summed E-state index contributed by atoms with van der Waals surface area (Å²) in [6, 6.07) is 11.2. The third kappa shape index (κ3) is 5.24.